The molecule has 0 radical (unpaired) electrons. The van der Waals surface area contributed by atoms with E-state index in [0.717, 1.165) is 38.3 Å². The fraction of sp³-hybridized carbons (Fsp3) is 0.211. The van der Waals surface area contributed by atoms with Crippen molar-refractivity contribution in [3.8, 4) is 16.3 Å². The number of hydrogen-bond donors (Lipinski definition) is 1. The third kappa shape index (κ3) is 3.48. The fourth-order valence-corrected chi connectivity index (χ4v) is 3.71. The summed E-state index contributed by atoms with van der Waals surface area (Å²) in [7, 11) is 1.93. The monoisotopic (exact) mass is 382 g/mol. The third-order valence-corrected chi connectivity index (χ3v) is 5.61. The van der Waals surface area contributed by atoms with Crippen LogP contribution in [0.1, 0.15) is 17.0 Å². The van der Waals surface area contributed by atoms with Crippen LogP contribution in [0.15, 0.2) is 42.7 Å². The minimum atomic E-state index is -0.260. The number of halogens is 1. The topological polar surface area (TPSA) is 60.6 Å². The van der Waals surface area contributed by atoms with E-state index >= 15 is 0 Å². The molecule has 4 rings (SSSR count). The van der Waals surface area contributed by atoms with E-state index in [4.69, 9.17) is 0 Å². The molecule has 0 saturated carbocycles. The highest BCUT2D eigenvalue weighted by Crippen LogP contribution is 2.32. The number of rotatable bonds is 5. The van der Waals surface area contributed by atoms with Gasteiger partial charge < -0.3 is 5.32 Å². The Morgan fingerprint density at radius 2 is 1.93 bits per heavy atom. The Labute approximate surface area is 160 Å². The summed E-state index contributed by atoms with van der Waals surface area (Å²) in [6, 6.07) is 8.21. The SMILES string of the molecule is Cc1nc(NCc2cnn(C)c2C)sc1-c1ccn(-c2ccc(F)cc2)n1. The van der Waals surface area contributed by atoms with E-state index < -0.39 is 0 Å². The van der Waals surface area contributed by atoms with Crippen molar-refractivity contribution in [1.29, 1.82) is 0 Å². The standard InChI is InChI=1S/C19H19FN6S/c1-12-18(17-8-9-26(24-17)16-6-4-15(20)5-7-16)27-19(23-12)21-10-14-11-22-25(3)13(14)2/h4-9,11H,10H2,1-3H3,(H,21,23). The summed E-state index contributed by atoms with van der Waals surface area (Å²) in [5.74, 6) is -0.260. The van der Waals surface area contributed by atoms with Crippen LogP contribution in [-0.2, 0) is 13.6 Å². The average molecular weight is 382 g/mol. The lowest BCUT2D eigenvalue weighted by molar-refractivity contribution is 0.627. The molecule has 1 N–H and O–H groups in total. The van der Waals surface area contributed by atoms with Crippen molar-refractivity contribution < 1.29 is 4.39 Å². The van der Waals surface area contributed by atoms with E-state index in [-0.39, 0.29) is 5.82 Å². The maximum absolute atomic E-state index is 13.1. The second-order valence-electron chi connectivity index (χ2n) is 6.29. The number of aromatic nitrogens is 5. The summed E-state index contributed by atoms with van der Waals surface area (Å²) in [6.07, 6.45) is 3.74. The van der Waals surface area contributed by atoms with Gasteiger partial charge in [0.1, 0.15) is 11.5 Å². The van der Waals surface area contributed by atoms with E-state index in [1.54, 1.807) is 28.2 Å². The van der Waals surface area contributed by atoms with E-state index in [2.05, 4.69) is 20.5 Å². The van der Waals surface area contributed by atoms with E-state index in [9.17, 15) is 4.39 Å². The Morgan fingerprint density at radius 3 is 2.63 bits per heavy atom. The summed E-state index contributed by atoms with van der Waals surface area (Å²) in [6.45, 7) is 4.70. The van der Waals surface area contributed by atoms with Crippen molar-refractivity contribution in [3.63, 3.8) is 0 Å². The van der Waals surface area contributed by atoms with Crippen LogP contribution in [0.5, 0.6) is 0 Å². The van der Waals surface area contributed by atoms with E-state index in [0.29, 0.717) is 6.54 Å². The first kappa shape index (κ1) is 17.4. The fourth-order valence-electron chi connectivity index (χ4n) is 2.78. The van der Waals surface area contributed by atoms with Crippen molar-refractivity contribution in [2.45, 2.75) is 20.4 Å². The number of thiazole rings is 1. The molecule has 0 spiro atoms. The maximum Gasteiger partial charge on any atom is 0.183 e. The molecule has 4 aromatic rings. The molecular formula is C19H19FN6S. The van der Waals surface area contributed by atoms with E-state index in [1.807, 2.05) is 44.0 Å². The third-order valence-electron chi connectivity index (χ3n) is 4.48. The van der Waals surface area contributed by atoms with Gasteiger partial charge in [-0.05, 0) is 44.2 Å². The van der Waals surface area contributed by atoms with Crippen molar-refractivity contribution in [2.75, 3.05) is 5.32 Å². The second-order valence-corrected chi connectivity index (χ2v) is 7.29. The van der Waals surface area contributed by atoms with Crippen LogP contribution < -0.4 is 5.32 Å². The Morgan fingerprint density at radius 1 is 1.15 bits per heavy atom. The molecule has 27 heavy (non-hydrogen) atoms. The molecule has 0 aliphatic heterocycles. The molecule has 0 aliphatic carbocycles. The Kier molecular flexibility index (Phi) is 4.49. The number of anilines is 1. The summed E-state index contributed by atoms with van der Waals surface area (Å²) in [5, 5.41) is 13.1. The van der Waals surface area contributed by atoms with Crippen LogP contribution in [-0.4, -0.2) is 24.5 Å². The van der Waals surface area contributed by atoms with Crippen LogP contribution in [0.25, 0.3) is 16.3 Å². The van der Waals surface area contributed by atoms with Crippen LogP contribution in [0.3, 0.4) is 0 Å². The smallest absolute Gasteiger partial charge is 0.183 e. The number of aryl methyl sites for hydroxylation is 2. The molecular weight excluding hydrogens is 363 g/mol. The molecule has 1 aromatic carbocycles. The molecule has 6 nitrogen and oxygen atoms in total. The zero-order chi connectivity index (χ0) is 19.0. The van der Waals surface area contributed by atoms with Gasteiger partial charge in [-0.2, -0.15) is 10.2 Å². The largest absolute Gasteiger partial charge is 0.357 e. The normalized spacial score (nSPS) is 11.1. The first-order valence-electron chi connectivity index (χ1n) is 8.52. The molecule has 0 bridgehead atoms. The van der Waals surface area contributed by atoms with Gasteiger partial charge in [0.25, 0.3) is 0 Å². The van der Waals surface area contributed by atoms with Crippen LogP contribution in [0.4, 0.5) is 9.52 Å². The van der Waals surface area contributed by atoms with Gasteiger partial charge in [-0.1, -0.05) is 11.3 Å². The highest BCUT2D eigenvalue weighted by molar-refractivity contribution is 7.19. The van der Waals surface area contributed by atoms with Gasteiger partial charge in [-0.3, -0.25) is 4.68 Å². The van der Waals surface area contributed by atoms with Crippen molar-refractivity contribution in [2.24, 2.45) is 7.05 Å². The highest BCUT2D eigenvalue weighted by atomic mass is 32.1. The van der Waals surface area contributed by atoms with Crippen molar-refractivity contribution in [3.05, 3.63) is 65.5 Å². The second kappa shape index (κ2) is 6.96. The zero-order valence-corrected chi connectivity index (χ0v) is 16.1. The van der Waals surface area contributed by atoms with Crippen LogP contribution in [0.2, 0.25) is 0 Å². The molecule has 0 aliphatic rings. The molecule has 3 heterocycles. The first-order valence-corrected chi connectivity index (χ1v) is 9.33. The lowest BCUT2D eigenvalue weighted by Crippen LogP contribution is -2.01. The first-order chi connectivity index (χ1) is 13.0. The number of nitrogens with zero attached hydrogens (tertiary/aromatic N) is 5. The molecule has 0 saturated heterocycles. The van der Waals surface area contributed by atoms with Gasteiger partial charge in [-0.15, -0.1) is 0 Å². The van der Waals surface area contributed by atoms with Gasteiger partial charge in [0.2, 0.25) is 0 Å². The van der Waals surface area contributed by atoms with Gasteiger partial charge in [0.15, 0.2) is 5.13 Å². The predicted molar refractivity (Wildman–Crippen MR) is 105 cm³/mol. The quantitative estimate of drug-likeness (QED) is 0.565. The van der Waals surface area contributed by atoms with Gasteiger partial charge >= 0.3 is 0 Å². The molecule has 3 aromatic heterocycles. The Balaban J connectivity index is 1.53. The zero-order valence-electron chi connectivity index (χ0n) is 15.3. The van der Waals surface area contributed by atoms with Gasteiger partial charge in [0, 0.05) is 31.0 Å². The molecule has 8 heteroatoms. The molecule has 0 atom stereocenters. The minimum Gasteiger partial charge on any atom is -0.357 e. The lowest BCUT2D eigenvalue weighted by Gasteiger charge is -2.02. The van der Waals surface area contributed by atoms with Crippen LogP contribution >= 0.6 is 11.3 Å². The summed E-state index contributed by atoms with van der Waals surface area (Å²) in [4.78, 5) is 5.63. The molecule has 0 amide bonds. The molecule has 138 valence electrons. The number of hydrogen-bond acceptors (Lipinski definition) is 5. The summed E-state index contributed by atoms with van der Waals surface area (Å²) >= 11 is 1.57. The predicted octanol–water partition coefficient (Wildman–Crippen LogP) is 4.10. The lowest BCUT2D eigenvalue weighted by atomic mass is 10.2. The Hall–Kier alpha value is -3.00. The number of benzene rings is 1. The average Bonchev–Trinajstić information content (AvgIpc) is 3.35. The Bertz CT molecular complexity index is 1080. The van der Waals surface area contributed by atoms with Gasteiger partial charge in [-0.25, -0.2) is 14.1 Å². The van der Waals surface area contributed by atoms with Crippen LogP contribution in [0, 0.1) is 19.7 Å². The van der Waals surface area contributed by atoms with Crippen molar-refractivity contribution in [1.82, 2.24) is 24.5 Å². The maximum atomic E-state index is 13.1. The molecule has 0 unspecified atom stereocenters. The molecule has 0 fully saturated rings. The number of nitrogens with one attached hydrogen (secondary N) is 1. The van der Waals surface area contributed by atoms with Crippen molar-refractivity contribution >= 4 is 16.5 Å². The van der Waals surface area contributed by atoms with Gasteiger partial charge in [0.05, 0.1) is 22.5 Å². The highest BCUT2D eigenvalue weighted by Gasteiger charge is 2.13. The summed E-state index contributed by atoms with van der Waals surface area (Å²) in [5.41, 5.74) is 4.87. The van der Waals surface area contributed by atoms with E-state index in [1.165, 1.54) is 12.1 Å². The summed E-state index contributed by atoms with van der Waals surface area (Å²) < 4.78 is 16.7. The minimum absolute atomic E-state index is 0.260.